The molecule has 0 unspecified atom stereocenters. The molecular formula is C32H36N4O6S2. The number of amides is 3. The number of fused-ring (bicyclic) bond motifs is 2. The molecule has 10 nitrogen and oxygen atoms in total. The molecule has 44 heavy (non-hydrogen) atoms. The van der Waals surface area contributed by atoms with E-state index in [0.29, 0.717) is 22.7 Å². The lowest BCUT2D eigenvalue weighted by Gasteiger charge is -2.33. The lowest BCUT2D eigenvalue weighted by atomic mass is 10.0. The molecule has 0 saturated heterocycles. The van der Waals surface area contributed by atoms with Crippen molar-refractivity contribution in [2.24, 2.45) is 5.92 Å². The average molecular weight is 637 g/mol. The summed E-state index contributed by atoms with van der Waals surface area (Å²) in [5, 5.41) is 19.3. The Morgan fingerprint density at radius 2 is 1.89 bits per heavy atom. The molecule has 3 atom stereocenters. The Balaban J connectivity index is 1.41. The fraction of sp³-hybridized carbons (Fsp3) is 0.312. The van der Waals surface area contributed by atoms with E-state index >= 15 is 0 Å². The van der Waals surface area contributed by atoms with Crippen LogP contribution < -0.4 is 15.4 Å². The third-order valence-electron chi connectivity index (χ3n) is 7.81. The van der Waals surface area contributed by atoms with Crippen molar-refractivity contribution in [2.45, 2.75) is 36.6 Å². The first kappa shape index (κ1) is 31.5. The highest BCUT2D eigenvalue weighted by Crippen LogP contribution is 2.31. The predicted octanol–water partition coefficient (Wildman–Crippen LogP) is 5.02. The highest BCUT2D eigenvalue weighted by Gasteiger charge is 2.33. The summed E-state index contributed by atoms with van der Waals surface area (Å²) in [6, 6.07) is 20.8. The van der Waals surface area contributed by atoms with Crippen LogP contribution in [0.15, 0.2) is 82.4 Å². The zero-order valence-corrected chi connectivity index (χ0v) is 26.4. The van der Waals surface area contributed by atoms with E-state index in [1.807, 2.05) is 49.4 Å². The summed E-state index contributed by atoms with van der Waals surface area (Å²) in [7, 11) is -2.22. The van der Waals surface area contributed by atoms with Crippen molar-refractivity contribution < 1.29 is 27.9 Å². The summed E-state index contributed by atoms with van der Waals surface area (Å²) in [6.07, 6.45) is -0.635. The van der Waals surface area contributed by atoms with Crippen molar-refractivity contribution in [1.29, 1.82) is 0 Å². The third kappa shape index (κ3) is 6.88. The summed E-state index contributed by atoms with van der Waals surface area (Å²) in [5.41, 5.74) is 1.66. The topological polar surface area (TPSA) is 128 Å². The molecule has 5 rings (SSSR count). The number of urea groups is 1. The number of aliphatic hydroxyl groups excluding tert-OH is 1. The molecule has 4 aromatic rings. The normalized spacial score (nSPS) is 18.1. The number of hydrogen-bond acceptors (Lipinski definition) is 7. The van der Waals surface area contributed by atoms with Crippen LogP contribution in [-0.2, 0) is 21.2 Å². The minimum absolute atomic E-state index is 0.0249. The molecule has 0 radical (unpaired) electrons. The lowest BCUT2D eigenvalue weighted by Crippen LogP contribution is -2.48. The number of aliphatic hydroxyl groups is 1. The van der Waals surface area contributed by atoms with E-state index in [4.69, 9.17) is 4.74 Å². The van der Waals surface area contributed by atoms with Gasteiger partial charge >= 0.3 is 6.03 Å². The van der Waals surface area contributed by atoms with Crippen molar-refractivity contribution in [3.05, 3.63) is 83.7 Å². The van der Waals surface area contributed by atoms with Crippen LogP contribution in [0.5, 0.6) is 5.75 Å². The first-order chi connectivity index (χ1) is 21.1. The van der Waals surface area contributed by atoms with E-state index in [0.717, 1.165) is 22.1 Å². The Kier molecular flexibility index (Phi) is 9.54. The van der Waals surface area contributed by atoms with Crippen LogP contribution in [0.1, 0.15) is 19.4 Å². The Hall–Kier alpha value is -3.97. The second-order valence-corrected chi connectivity index (χ2v) is 14.3. The number of carbonyl (C=O) groups is 2. The van der Waals surface area contributed by atoms with Gasteiger partial charge in [0.1, 0.15) is 16.1 Å². The number of nitrogens with zero attached hydrogens (tertiary/aromatic N) is 2. The van der Waals surface area contributed by atoms with Gasteiger partial charge in [-0.05, 0) is 48.0 Å². The van der Waals surface area contributed by atoms with Crippen LogP contribution in [0.3, 0.4) is 0 Å². The molecule has 1 aliphatic heterocycles. The van der Waals surface area contributed by atoms with E-state index in [1.54, 1.807) is 47.5 Å². The first-order valence-corrected chi connectivity index (χ1v) is 16.6. The predicted molar refractivity (Wildman–Crippen MR) is 173 cm³/mol. The Morgan fingerprint density at radius 1 is 1.11 bits per heavy atom. The molecule has 3 N–H and O–H groups in total. The number of sulfonamides is 1. The first-order valence-electron chi connectivity index (χ1n) is 14.3. The molecule has 1 aliphatic rings. The van der Waals surface area contributed by atoms with Gasteiger partial charge in [-0.25, -0.2) is 13.2 Å². The zero-order chi connectivity index (χ0) is 31.4. The average Bonchev–Trinajstić information content (AvgIpc) is 3.57. The van der Waals surface area contributed by atoms with Gasteiger partial charge in [-0.2, -0.15) is 4.31 Å². The van der Waals surface area contributed by atoms with Crippen molar-refractivity contribution in [3.8, 4) is 5.75 Å². The molecule has 232 valence electrons. The van der Waals surface area contributed by atoms with E-state index in [2.05, 4.69) is 10.6 Å². The van der Waals surface area contributed by atoms with Crippen molar-refractivity contribution in [2.75, 3.05) is 37.4 Å². The number of carbonyl (C=O) groups excluding carboxylic acids is 2. The minimum Gasteiger partial charge on any atom is -0.488 e. The summed E-state index contributed by atoms with van der Waals surface area (Å²) in [6.45, 7) is 3.76. The van der Waals surface area contributed by atoms with Crippen LogP contribution in [0.2, 0.25) is 0 Å². The van der Waals surface area contributed by atoms with Gasteiger partial charge in [0, 0.05) is 36.1 Å². The summed E-state index contributed by atoms with van der Waals surface area (Å²) >= 11 is 1.14. The van der Waals surface area contributed by atoms with E-state index in [1.165, 1.54) is 11.4 Å². The number of ether oxygens (including phenoxy) is 1. The van der Waals surface area contributed by atoms with Gasteiger partial charge < -0.3 is 25.4 Å². The second-order valence-electron chi connectivity index (χ2n) is 11.0. The second kappa shape index (κ2) is 13.3. The van der Waals surface area contributed by atoms with Gasteiger partial charge in [0.2, 0.25) is 5.91 Å². The molecule has 1 aromatic heterocycles. The van der Waals surface area contributed by atoms with Crippen LogP contribution in [0.4, 0.5) is 16.2 Å². The van der Waals surface area contributed by atoms with Gasteiger partial charge in [0.25, 0.3) is 10.0 Å². The fourth-order valence-electron chi connectivity index (χ4n) is 5.26. The zero-order valence-electron chi connectivity index (χ0n) is 24.8. The Labute approximate surface area is 261 Å². The third-order valence-corrected chi connectivity index (χ3v) is 11.0. The van der Waals surface area contributed by atoms with Crippen LogP contribution in [0.25, 0.3) is 10.8 Å². The molecule has 0 bridgehead atoms. The molecule has 0 fully saturated rings. The van der Waals surface area contributed by atoms with E-state index in [-0.39, 0.29) is 42.2 Å². The summed E-state index contributed by atoms with van der Waals surface area (Å²) in [4.78, 5) is 28.1. The Bertz CT molecular complexity index is 1740. The molecule has 12 heteroatoms. The number of rotatable bonds is 8. The molecule has 0 saturated carbocycles. The molecular weight excluding hydrogens is 601 g/mol. The van der Waals surface area contributed by atoms with Crippen LogP contribution in [-0.4, -0.2) is 73.6 Å². The number of likely N-dealkylation sites (N-methyl/N-ethyl adjacent to an activating group) is 1. The SMILES string of the molecule is C[C@@H]1CN([C@H](C)CO)C(=O)Cc2cc(NC(=O)Nc3cccc4ccccc34)ccc2O[C@H]1CN(C)S(=O)(=O)c1cccs1. The summed E-state index contributed by atoms with van der Waals surface area (Å²) in [5.74, 6) is -0.0550. The maximum atomic E-state index is 13.5. The lowest BCUT2D eigenvalue weighted by molar-refractivity contribution is -0.134. The number of hydrogen-bond donors (Lipinski definition) is 3. The maximum Gasteiger partial charge on any atom is 0.323 e. The molecule has 3 amide bonds. The Morgan fingerprint density at radius 3 is 2.64 bits per heavy atom. The van der Waals surface area contributed by atoms with Crippen molar-refractivity contribution in [1.82, 2.24) is 9.21 Å². The maximum absolute atomic E-state index is 13.5. The highest BCUT2D eigenvalue weighted by molar-refractivity contribution is 7.91. The van der Waals surface area contributed by atoms with Gasteiger partial charge in [0.15, 0.2) is 0 Å². The molecule has 0 spiro atoms. The van der Waals surface area contributed by atoms with Crippen LogP contribution >= 0.6 is 11.3 Å². The molecule has 3 aromatic carbocycles. The largest absolute Gasteiger partial charge is 0.488 e. The quantitative estimate of drug-likeness (QED) is 0.249. The number of anilines is 2. The van der Waals surface area contributed by atoms with Crippen molar-refractivity contribution in [3.63, 3.8) is 0 Å². The highest BCUT2D eigenvalue weighted by atomic mass is 32.2. The standard InChI is InChI=1S/C32H36N4O6S2/c1-21-18-36(22(2)20-37)30(38)17-24-16-25(33-32(39)34-27-11-6-9-23-8-4-5-10-26(23)27)13-14-28(24)42-29(21)19-35(3)44(40,41)31-12-7-15-43-31/h4-16,21-22,29,37H,17-20H2,1-3H3,(H2,33,34,39)/t21-,22-,29+/m1/s1. The smallest absolute Gasteiger partial charge is 0.323 e. The van der Waals surface area contributed by atoms with Gasteiger partial charge in [-0.3, -0.25) is 4.79 Å². The van der Waals surface area contributed by atoms with Gasteiger partial charge in [-0.1, -0.05) is 49.4 Å². The minimum atomic E-state index is -3.73. The van der Waals surface area contributed by atoms with E-state index < -0.39 is 28.2 Å². The fourth-order valence-corrected chi connectivity index (χ4v) is 7.64. The van der Waals surface area contributed by atoms with Gasteiger partial charge in [0.05, 0.1) is 31.3 Å². The number of thiophene rings is 1. The van der Waals surface area contributed by atoms with Crippen LogP contribution in [0, 0.1) is 5.92 Å². The van der Waals surface area contributed by atoms with E-state index in [9.17, 15) is 23.1 Å². The number of nitrogens with one attached hydrogen (secondary N) is 2. The molecule has 0 aliphatic carbocycles. The number of benzene rings is 3. The molecule has 2 heterocycles. The summed E-state index contributed by atoms with van der Waals surface area (Å²) < 4.78 is 34.4. The van der Waals surface area contributed by atoms with Gasteiger partial charge in [-0.15, -0.1) is 11.3 Å². The van der Waals surface area contributed by atoms with Crippen molar-refractivity contribution >= 4 is 55.4 Å². The monoisotopic (exact) mass is 636 g/mol.